The summed E-state index contributed by atoms with van der Waals surface area (Å²) in [6.07, 6.45) is 0.531. The van der Waals surface area contributed by atoms with Crippen molar-refractivity contribution in [2.75, 3.05) is 37.6 Å². The molecular formula is C19H23F2IN4. The maximum atomic E-state index is 13.6. The summed E-state index contributed by atoms with van der Waals surface area (Å²) < 4.78 is 26.6. The van der Waals surface area contributed by atoms with Crippen molar-refractivity contribution in [3.05, 3.63) is 65.7 Å². The van der Waals surface area contributed by atoms with Gasteiger partial charge in [0.05, 0.1) is 0 Å². The molecular weight excluding hydrogens is 449 g/mol. The molecule has 0 aromatic heterocycles. The zero-order valence-electron chi connectivity index (χ0n) is 14.4. The maximum absolute atomic E-state index is 13.6. The molecule has 0 spiro atoms. The number of piperazine rings is 1. The van der Waals surface area contributed by atoms with Crippen LogP contribution in [0, 0.1) is 11.6 Å². The number of guanidine groups is 1. The van der Waals surface area contributed by atoms with E-state index < -0.39 is 0 Å². The number of benzene rings is 2. The second-order valence-electron chi connectivity index (χ2n) is 6.03. The van der Waals surface area contributed by atoms with Gasteiger partial charge in [0.1, 0.15) is 11.6 Å². The number of hydrogen-bond donors (Lipinski definition) is 1. The molecule has 26 heavy (non-hydrogen) atoms. The van der Waals surface area contributed by atoms with E-state index in [-0.39, 0.29) is 35.6 Å². The Morgan fingerprint density at radius 3 is 2.27 bits per heavy atom. The Balaban J connectivity index is 0.00000243. The predicted octanol–water partition coefficient (Wildman–Crippen LogP) is 3.26. The van der Waals surface area contributed by atoms with Crippen molar-refractivity contribution in [2.45, 2.75) is 6.42 Å². The highest BCUT2D eigenvalue weighted by Crippen LogP contribution is 2.16. The molecule has 0 amide bonds. The highest BCUT2D eigenvalue weighted by atomic mass is 127. The van der Waals surface area contributed by atoms with Crippen molar-refractivity contribution < 1.29 is 8.78 Å². The van der Waals surface area contributed by atoms with Crippen LogP contribution in [-0.2, 0) is 6.42 Å². The van der Waals surface area contributed by atoms with Crippen molar-refractivity contribution >= 4 is 35.6 Å². The van der Waals surface area contributed by atoms with E-state index in [4.69, 9.17) is 5.73 Å². The summed E-state index contributed by atoms with van der Waals surface area (Å²) in [5, 5.41) is 0. The Bertz CT molecular complexity index is 729. The molecule has 2 aromatic carbocycles. The SMILES string of the molecule is I.NC(=NCCc1ccccc1F)N1CCN(c2ccc(F)cc2)CC1. The average molecular weight is 472 g/mol. The fraction of sp³-hybridized carbons (Fsp3) is 0.316. The van der Waals surface area contributed by atoms with E-state index >= 15 is 0 Å². The van der Waals surface area contributed by atoms with Gasteiger partial charge in [-0.2, -0.15) is 0 Å². The first-order valence-corrected chi connectivity index (χ1v) is 8.42. The molecule has 0 bridgehead atoms. The van der Waals surface area contributed by atoms with Gasteiger partial charge in [-0.3, -0.25) is 4.99 Å². The minimum atomic E-state index is -0.228. The average Bonchev–Trinajstić information content (AvgIpc) is 2.64. The fourth-order valence-electron chi connectivity index (χ4n) is 2.94. The second-order valence-corrected chi connectivity index (χ2v) is 6.03. The largest absolute Gasteiger partial charge is 0.370 e. The third-order valence-electron chi connectivity index (χ3n) is 4.41. The zero-order chi connectivity index (χ0) is 17.6. The van der Waals surface area contributed by atoms with Crippen LogP contribution in [0.15, 0.2) is 53.5 Å². The number of nitrogens with two attached hydrogens (primary N) is 1. The van der Waals surface area contributed by atoms with Crippen LogP contribution in [0.5, 0.6) is 0 Å². The van der Waals surface area contributed by atoms with Crippen LogP contribution >= 0.6 is 24.0 Å². The van der Waals surface area contributed by atoms with Crippen LogP contribution in [0.2, 0.25) is 0 Å². The van der Waals surface area contributed by atoms with Crippen molar-refractivity contribution in [3.8, 4) is 0 Å². The number of rotatable bonds is 4. The number of halogens is 3. The zero-order valence-corrected chi connectivity index (χ0v) is 16.8. The molecule has 0 atom stereocenters. The van der Waals surface area contributed by atoms with Gasteiger partial charge in [0.2, 0.25) is 0 Å². The highest BCUT2D eigenvalue weighted by Gasteiger charge is 2.18. The topological polar surface area (TPSA) is 44.9 Å². The molecule has 3 rings (SSSR count). The van der Waals surface area contributed by atoms with Crippen molar-refractivity contribution in [1.29, 1.82) is 0 Å². The van der Waals surface area contributed by atoms with E-state index in [9.17, 15) is 8.78 Å². The Hall–Kier alpha value is -1.90. The van der Waals surface area contributed by atoms with Crippen LogP contribution in [0.25, 0.3) is 0 Å². The van der Waals surface area contributed by atoms with Gasteiger partial charge >= 0.3 is 0 Å². The summed E-state index contributed by atoms with van der Waals surface area (Å²) in [4.78, 5) is 8.61. The molecule has 1 saturated heterocycles. The molecule has 1 fully saturated rings. The summed E-state index contributed by atoms with van der Waals surface area (Å²) in [6.45, 7) is 3.58. The second kappa shape index (κ2) is 9.70. The Morgan fingerprint density at radius 2 is 1.62 bits per heavy atom. The van der Waals surface area contributed by atoms with Crippen molar-refractivity contribution in [3.63, 3.8) is 0 Å². The molecule has 4 nitrogen and oxygen atoms in total. The van der Waals surface area contributed by atoms with E-state index in [1.165, 1.54) is 18.2 Å². The number of aliphatic imine (C=N–C) groups is 1. The van der Waals surface area contributed by atoms with E-state index in [0.717, 1.165) is 31.9 Å². The van der Waals surface area contributed by atoms with Crippen LogP contribution in [0.4, 0.5) is 14.5 Å². The van der Waals surface area contributed by atoms with Gasteiger partial charge in [0, 0.05) is 38.4 Å². The first-order chi connectivity index (χ1) is 12.1. The monoisotopic (exact) mass is 472 g/mol. The van der Waals surface area contributed by atoms with Crippen LogP contribution < -0.4 is 10.6 Å². The third kappa shape index (κ3) is 5.30. The highest BCUT2D eigenvalue weighted by molar-refractivity contribution is 14.0. The maximum Gasteiger partial charge on any atom is 0.191 e. The van der Waals surface area contributed by atoms with E-state index in [1.54, 1.807) is 24.3 Å². The minimum Gasteiger partial charge on any atom is -0.370 e. The van der Waals surface area contributed by atoms with Gasteiger partial charge in [0.25, 0.3) is 0 Å². The lowest BCUT2D eigenvalue weighted by Gasteiger charge is -2.36. The van der Waals surface area contributed by atoms with Crippen molar-refractivity contribution in [1.82, 2.24) is 4.90 Å². The van der Waals surface area contributed by atoms with Gasteiger partial charge in [0.15, 0.2) is 5.96 Å². The number of hydrogen-bond acceptors (Lipinski definition) is 2. The molecule has 0 aliphatic carbocycles. The van der Waals surface area contributed by atoms with Gasteiger partial charge in [-0.25, -0.2) is 8.78 Å². The summed E-state index contributed by atoms with van der Waals surface area (Å²) in [5.74, 6) is 0.0629. The molecule has 2 aromatic rings. The van der Waals surface area contributed by atoms with Crippen LogP contribution in [-0.4, -0.2) is 43.6 Å². The summed E-state index contributed by atoms with van der Waals surface area (Å²) in [5.41, 5.74) is 7.73. The van der Waals surface area contributed by atoms with Gasteiger partial charge in [-0.15, -0.1) is 24.0 Å². The summed E-state index contributed by atoms with van der Waals surface area (Å²) >= 11 is 0. The normalized spacial score (nSPS) is 14.9. The fourth-order valence-corrected chi connectivity index (χ4v) is 2.94. The van der Waals surface area contributed by atoms with E-state index in [2.05, 4.69) is 9.89 Å². The summed E-state index contributed by atoms with van der Waals surface area (Å²) in [6, 6.07) is 13.2. The summed E-state index contributed by atoms with van der Waals surface area (Å²) in [7, 11) is 0. The van der Waals surface area contributed by atoms with Crippen molar-refractivity contribution in [2.24, 2.45) is 10.7 Å². The lowest BCUT2D eigenvalue weighted by molar-refractivity contribution is 0.381. The molecule has 0 unspecified atom stereocenters. The first-order valence-electron chi connectivity index (χ1n) is 8.42. The number of nitrogens with zero attached hydrogens (tertiary/aromatic N) is 3. The lowest BCUT2D eigenvalue weighted by Crippen LogP contribution is -2.51. The van der Waals surface area contributed by atoms with Gasteiger partial charge in [-0.1, -0.05) is 18.2 Å². The minimum absolute atomic E-state index is 0. The van der Waals surface area contributed by atoms with Gasteiger partial charge < -0.3 is 15.5 Å². The molecule has 0 radical (unpaired) electrons. The quantitative estimate of drug-likeness (QED) is 0.422. The Labute approximate surface area is 169 Å². The third-order valence-corrected chi connectivity index (χ3v) is 4.41. The molecule has 1 aliphatic heterocycles. The van der Waals surface area contributed by atoms with Gasteiger partial charge in [-0.05, 0) is 42.3 Å². The molecule has 0 saturated carbocycles. The number of anilines is 1. The van der Waals surface area contributed by atoms with E-state index in [0.29, 0.717) is 24.5 Å². The molecule has 7 heteroatoms. The smallest absolute Gasteiger partial charge is 0.191 e. The Kier molecular flexibility index (Phi) is 7.62. The molecule has 140 valence electrons. The van der Waals surface area contributed by atoms with Crippen LogP contribution in [0.3, 0.4) is 0 Å². The molecule has 2 N–H and O–H groups in total. The molecule has 1 aliphatic rings. The van der Waals surface area contributed by atoms with Crippen LogP contribution in [0.1, 0.15) is 5.56 Å². The molecule has 1 heterocycles. The predicted molar refractivity (Wildman–Crippen MR) is 112 cm³/mol. The Morgan fingerprint density at radius 1 is 0.962 bits per heavy atom. The standard InChI is InChI=1S/C19H22F2N4.HI/c20-16-5-7-17(8-6-16)24-11-13-25(14-12-24)19(22)23-10-9-15-3-1-2-4-18(15)21;/h1-8H,9-14H2,(H2,22,23);1H. The lowest BCUT2D eigenvalue weighted by atomic mass is 10.1. The van der Waals surface area contributed by atoms with E-state index in [1.807, 2.05) is 11.0 Å². The first kappa shape index (κ1) is 20.4.